The molecule has 92 valence electrons. The Morgan fingerprint density at radius 3 is 2.44 bits per heavy atom. The van der Waals surface area contributed by atoms with Crippen LogP contribution in [0.5, 0.6) is 0 Å². The van der Waals surface area contributed by atoms with Crippen molar-refractivity contribution in [1.29, 1.82) is 0 Å². The average Bonchev–Trinajstić information content (AvgIpc) is 2.39. The summed E-state index contributed by atoms with van der Waals surface area (Å²) in [5.41, 5.74) is 0. The molecule has 0 saturated carbocycles. The second kappa shape index (κ2) is 5.61. The van der Waals surface area contributed by atoms with E-state index in [9.17, 15) is 4.79 Å². The van der Waals surface area contributed by atoms with Gasteiger partial charge >= 0.3 is 0 Å². The molecule has 2 fully saturated rings. The van der Waals surface area contributed by atoms with E-state index in [1.807, 2.05) is 11.8 Å². The van der Waals surface area contributed by atoms with E-state index in [2.05, 4.69) is 10.2 Å². The van der Waals surface area contributed by atoms with Gasteiger partial charge in [0.15, 0.2) is 0 Å². The number of amides is 1. The van der Waals surface area contributed by atoms with Gasteiger partial charge in [-0.05, 0) is 6.92 Å². The van der Waals surface area contributed by atoms with E-state index in [0.717, 1.165) is 52.5 Å². The zero-order valence-electron chi connectivity index (χ0n) is 9.95. The molecule has 0 radical (unpaired) electrons. The molecule has 5 nitrogen and oxygen atoms in total. The third-order valence-corrected chi connectivity index (χ3v) is 3.38. The molecule has 2 heterocycles. The predicted molar refractivity (Wildman–Crippen MR) is 61.3 cm³/mol. The van der Waals surface area contributed by atoms with Gasteiger partial charge in [0.25, 0.3) is 0 Å². The molecule has 0 bridgehead atoms. The molecular formula is C11H21N3O2. The summed E-state index contributed by atoms with van der Waals surface area (Å²) in [5.74, 6) is 0.267. The highest BCUT2D eigenvalue weighted by Gasteiger charge is 2.27. The monoisotopic (exact) mass is 227 g/mol. The van der Waals surface area contributed by atoms with Crippen LogP contribution in [0.3, 0.4) is 0 Å². The van der Waals surface area contributed by atoms with Crippen LogP contribution in [0, 0.1) is 0 Å². The van der Waals surface area contributed by atoms with E-state index in [0.29, 0.717) is 0 Å². The molecule has 2 rings (SSSR count). The van der Waals surface area contributed by atoms with E-state index in [1.165, 1.54) is 0 Å². The predicted octanol–water partition coefficient (Wildman–Crippen LogP) is -0.861. The zero-order chi connectivity index (χ0) is 11.4. The van der Waals surface area contributed by atoms with Gasteiger partial charge in [0.05, 0.1) is 19.3 Å². The highest BCUT2D eigenvalue weighted by Crippen LogP contribution is 2.07. The Labute approximate surface area is 96.7 Å². The smallest absolute Gasteiger partial charge is 0.239 e. The summed E-state index contributed by atoms with van der Waals surface area (Å²) in [6.45, 7) is 8.77. The number of ether oxygens (including phenoxy) is 1. The van der Waals surface area contributed by atoms with Gasteiger partial charge in [-0.15, -0.1) is 0 Å². The Kier molecular flexibility index (Phi) is 4.15. The molecule has 0 aliphatic carbocycles. The number of carbonyl (C=O) groups excluding carboxylic acids is 1. The molecule has 0 spiro atoms. The molecular weight excluding hydrogens is 206 g/mol. The van der Waals surface area contributed by atoms with Crippen molar-refractivity contribution in [3.05, 3.63) is 0 Å². The third kappa shape index (κ3) is 2.72. The van der Waals surface area contributed by atoms with Gasteiger partial charge in [0.1, 0.15) is 0 Å². The topological polar surface area (TPSA) is 44.8 Å². The first-order valence-electron chi connectivity index (χ1n) is 6.10. The second-order valence-corrected chi connectivity index (χ2v) is 4.40. The second-order valence-electron chi connectivity index (χ2n) is 4.40. The summed E-state index contributed by atoms with van der Waals surface area (Å²) in [5, 5.41) is 3.26. The van der Waals surface area contributed by atoms with E-state index >= 15 is 0 Å². The van der Waals surface area contributed by atoms with Crippen molar-refractivity contribution in [2.45, 2.75) is 13.0 Å². The number of rotatable bonds is 2. The van der Waals surface area contributed by atoms with Crippen LogP contribution in [-0.2, 0) is 9.53 Å². The Morgan fingerprint density at radius 2 is 1.81 bits per heavy atom. The first kappa shape index (κ1) is 11.8. The maximum Gasteiger partial charge on any atom is 0.239 e. The molecule has 0 aromatic carbocycles. The lowest BCUT2D eigenvalue weighted by Crippen LogP contribution is -2.54. The van der Waals surface area contributed by atoms with Crippen LogP contribution in [-0.4, -0.2) is 74.2 Å². The molecule has 5 heteroatoms. The normalized spacial score (nSPS) is 25.4. The van der Waals surface area contributed by atoms with Gasteiger partial charge in [-0.3, -0.25) is 9.69 Å². The molecule has 1 unspecified atom stereocenters. The zero-order valence-corrected chi connectivity index (χ0v) is 9.95. The van der Waals surface area contributed by atoms with Gasteiger partial charge in [-0.25, -0.2) is 0 Å². The van der Waals surface area contributed by atoms with Gasteiger partial charge in [-0.1, -0.05) is 0 Å². The number of morpholine rings is 1. The van der Waals surface area contributed by atoms with E-state index in [1.54, 1.807) is 0 Å². The number of hydrogen-bond donors (Lipinski definition) is 1. The van der Waals surface area contributed by atoms with Crippen molar-refractivity contribution >= 4 is 5.91 Å². The fraction of sp³-hybridized carbons (Fsp3) is 0.909. The molecule has 1 atom stereocenters. The van der Waals surface area contributed by atoms with Crippen LogP contribution in [0.2, 0.25) is 0 Å². The minimum Gasteiger partial charge on any atom is -0.379 e. The molecule has 0 aromatic heterocycles. The highest BCUT2D eigenvalue weighted by atomic mass is 16.5. The molecule has 2 aliphatic rings. The Morgan fingerprint density at radius 1 is 1.19 bits per heavy atom. The molecule has 2 aliphatic heterocycles. The van der Waals surface area contributed by atoms with Crippen molar-refractivity contribution in [1.82, 2.24) is 15.1 Å². The SMILES string of the molecule is CC(C(=O)N1CCNCC1)N1CCOCC1. The maximum atomic E-state index is 12.2. The number of hydrogen-bond acceptors (Lipinski definition) is 4. The summed E-state index contributed by atoms with van der Waals surface area (Å²) >= 11 is 0. The first-order chi connectivity index (χ1) is 7.79. The summed E-state index contributed by atoms with van der Waals surface area (Å²) in [7, 11) is 0. The molecule has 0 aromatic rings. The number of nitrogens with zero attached hydrogens (tertiary/aromatic N) is 2. The minimum absolute atomic E-state index is 0.00185. The Hall–Kier alpha value is -0.650. The average molecular weight is 227 g/mol. The number of nitrogens with one attached hydrogen (secondary N) is 1. The van der Waals surface area contributed by atoms with E-state index in [4.69, 9.17) is 4.74 Å². The van der Waals surface area contributed by atoms with Gasteiger partial charge < -0.3 is 15.0 Å². The molecule has 1 N–H and O–H groups in total. The summed E-state index contributed by atoms with van der Waals surface area (Å²) < 4.78 is 5.30. The molecule has 2 saturated heterocycles. The van der Waals surface area contributed by atoms with Crippen molar-refractivity contribution in [3.8, 4) is 0 Å². The van der Waals surface area contributed by atoms with E-state index in [-0.39, 0.29) is 11.9 Å². The maximum absolute atomic E-state index is 12.2. The van der Waals surface area contributed by atoms with E-state index < -0.39 is 0 Å². The van der Waals surface area contributed by atoms with Crippen LogP contribution >= 0.6 is 0 Å². The number of piperazine rings is 1. The quantitative estimate of drug-likeness (QED) is 0.667. The van der Waals surface area contributed by atoms with Crippen molar-refractivity contribution in [2.24, 2.45) is 0 Å². The first-order valence-corrected chi connectivity index (χ1v) is 6.10. The fourth-order valence-corrected chi connectivity index (χ4v) is 2.27. The Bertz CT molecular complexity index is 235. The minimum atomic E-state index is 0.00185. The van der Waals surface area contributed by atoms with Crippen LogP contribution in [0.25, 0.3) is 0 Å². The van der Waals surface area contributed by atoms with Crippen LogP contribution in [0.4, 0.5) is 0 Å². The summed E-state index contributed by atoms with van der Waals surface area (Å²) in [6, 6.07) is 0.00185. The lowest BCUT2D eigenvalue weighted by molar-refractivity contribution is -0.138. The lowest BCUT2D eigenvalue weighted by Gasteiger charge is -2.36. The van der Waals surface area contributed by atoms with Gasteiger partial charge in [0.2, 0.25) is 5.91 Å². The standard InChI is InChI=1S/C11H21N3O2/c1-10(13-6-8-16-9-7-13)11(15)14-4-2-12-3-5-14/h10,12H,2-9H2,1H3. The van der Waals surface area contributed by atoms with Gasteiger partial charge in [-0.2, -0.15) is 0 Å². The van der Waals surface area contributed by atoms with Crippen LogP contribution < -0.4 is 5.32 Å². The third-order valence-electron chi connectivity index (χ3n) is 3.38. The fourth-order valence-electron chi connectivity index (χ4n) is 2.27. The molecule has 16 heavy (non-hydrogen) atoms. The number of carbonyl (C=O) groups is 1. The van der Waals surface area contributed by atoms with Crippen molar-refractivity contribution in [3.63, 3.8) is 0 Å². The lowest BCUT2D eigenvalue weighted by atomic mass is 10.2. The van der Waals surface area contributed by atoms with Crippen LogP contribution in [0.1, 0.15) is 6.92 Å². The largest absolute Gasteiger partial charge is 0.379 e. The summed E-state index contributed by atoms with van der Waals surface area (Å²) in [6.07, 6.45) is 0. The van der Waals surface area contributed by atoms with Gasteiger partial charge in [0, 0.05) is 39.3 Å². The van der Waals surface area contributed by atoms with Crippen molar-refractivity contribution in [2.75, 3.05) is 52.5 Å². The molecule has 1 amide bonds. The highest BCUT2D eigenvalue weighted by molar-refractivity contribution is 5.81. The summed E-state index contributed by atoms with van der Waals surface area (Å²) in [4.78, 5) is 16.4. The Balaban J connectivity index is 1.86. The van der Waals surface area contributed by atoms with Crippen molar-refractivity contribution < 1.29 is 9.53 Å². The van der Waals surface area contributed by atoms with Crippen LogP contribution in [0.15, 0.2) is 0 Å².